The van der Waals surface area contributed by atoms with Crippen LogP contribution in [0, 0.1) is 5.41 Å². The fraction of sp³-hybridized carbons (Fsp3) is 0.909. The number of amides is 1. The van der Waals surface area contributed by atoms with Crippen molar-refractivity contribution in [2.24, 2.45) is 10.5 Å². The maximum Gasteiger partial charge on any atom is 0.410 e. The molecule has 0 saturated carbocycles. The monoisotopic (exact) mass is 294 g/mol. The van der Waals surface area contributed by atoms with Gasteiger partial charge in [0.1, 0.15) is 5.60 Å². The Morgan fingerprint density at radius 2 is 2.05 bits per heavy atom. The van der Waals surface area contributed by atoms with Crippen LogP contribution in [0.1, 0.15) is 27.2 Å². The fourth-order valence-corrected chi connectivity index (χ4v) is 1.97. The molecular formula is C11H17F3N4O2. The van der Waals surface area contributed by atoms with E-state index in [9.17, 15) is 18.0 Å². The first-order valence-corrected chi connectivity index (χ1v) is 6.06. The van der Waals surface area contributed by atoms with Crippen molar-refractivity contribution in [3.63, 3.8) is 0 Å². The van der Waals surface area contributed by atoms with E-state index in [4.69, 9.17) is 10.3 Å². The van der Waals surface area contributed by atoms with E-state index in [1.165, 1.54) is 0 Å². The zero-order valence-electron chi connectivity index (χ0n) is 11.6. The average Bonchev–Trinajstić information content (AvgIpc) is 2.69. The van der Waals surface area contributed by atoms with Crippen molar-refractivity contribution in [3.8, 4) is 0 Å². The Balaban J connectivity index is 2.85. The van der Waals surface area contributed by atoms with Crippen molar-refractivity contribution >= 4 is 6.09 Å². The first-order chi connectivity index (χ1) is 9.01. The minimum Gasteiger partial charge on any atom is -0.444 e. The highest BCUT2D eigenvalue weighted by Gasteiger charge is 2.58. The topological polar surface area (TPSA) is 78.3 Å². The van der Waals surface area contributed by atoms with Crippen molar-refractivity contribution in [2.45, 2.75) is 39.0 Å². The summed E-state index contributed by atoms with van der Waals surface area (Å²) < 4.78 is 44.5. The summed E-state index contributed by atoms with van der Waals surface area (Å²) in [6, 6.07) is 0. The van der Waals surface area contributed by atoms with Gasteiger partial charge >= 0.3 is 12.3 Å². The van der Waals surface area contributed by atoms with E-state index in [0.29, 0.717) is 0 Å². The quantitative estimate of drug-likeness (QED) is 0.444. The summed E-state index contributed by atoms with van der Waals surface area (Å²) >= 11 is 0. The molecule has 0 radical (unpaired) electrons. The molecule has 0 aromatic heterocycles. The van der Waals surface area contributed by atoms with Gasteiger partial charge in [0.25, 0.3) is 0 Å². The van der Waals surface area contributed by atoms with E-state index in [0.717, 1.165) is 4.90 Å². The molecule has 0 spiro atoms. The smallest absolute Gasteiger partial charge is 0.410 e. The van der Waals surface area contributed by atoms with Crippen molar-refractivity contribution in [3.05, 3.63) is 10.4 Å². The van der Waals surface area contributed by atoms with Gasteiger partial charge in [0.05, 0.1) is 5.41 Å². The van der Waals surface area contributed by atoms with Gasteiger partial charge in [-0.25, -0.2) is 4.79 Å². The van der Waals surface area contributed by atoms with Gasteiger partial charge < -0.3 is 9.64 Å². The van der Waals surface area contributed by atoms with Gasteiger partial charge in [0, 0.05) is 24.5 Å². The molecule has 1 atom stereocenters. The van der Waals surface area contributed by atoms with Gasteiger partial charge in [-0.1, -0.05) is 5.11 Å². The lowest BCUT2D eigenvalue weighted by Gasteiger charge is -2.30. The number of ether oxygens (including phenoxy) is 1. The number of rotatable bonds is 2. The van der Waals surface area contributed by atoms with Crippen molar-refractivity contribution in [1.29, 1.82) is 0 Å². The van der Waals surface area contributed by atoms with E-state index in [1.54, 1.807) is 20.8 Å². The zero-order chi connectivity index (χ0) is 15.6. The fourth-order valence-electron chi connectivity index (χ4n) is 1.97. The zero-order valence-corrected chi connectivity index (χ0v) is 11.6. The minimum atomic E-state index is -4.54. The third-order valence-electron chi connectivity index (χ3n) is 3.04. The van der Waals surface area contributed by atoms with Crippen LogP contribution in [0.25, 0.3) is 10.4 Å². The van der Waals surface area contributed by atoms with Gasteiger partial charge in [-0.05, 0) is 32.7 Å². The highest BCUT2D eigenvalue weighted by Crippen LogP contribution is 2.46. The molecule has 20 heavy (non-hydrogen) atoms. The summed E-state index contributed by atoms with van der Waals surface area (Å²) in [6.07, 6.45) is -5.63. The summed E-state index contributed by atoms with van der Waals surface area (Å²) in [4.78, 5) is 15.2. The molecule has 1 unspecified atom stereocenters. The number of nitrogens with zero attached hydrogens (tertiary/aromatic N) is 4. The molecule has 1 heterocycles. The van der Waals surface area contributed by atoms with Gasteiger partial charge in [0.15, 0.2) is 0 Å². The third kappa shape index (κ3) is 3.69. The standard InChI is InChI=1S/C11H17F3N4O2/c1-9(2,3)20-8(19)18-5-4-10(7-18,6-16-17-15)11(12,13)14/h4-7H2,1-3H3. The molecule has 0 bridgehead atoms. The molecule has 1 aliphatic heterocycles. The molecule has 1 saturated heterocycles. The van der Waals surface area contributed by atoms with Gasteiger partial charge in [-0.15, -0.1) is 0 Å². The molecule has 0 aromatic carbocycles. The SMILES string of the molecule is CC(C)(C)OC(=O)N1CCC(CN=[N+]=[N-])(C(F)(F)F)C1. The van der Waals surface area contributed by atoms with Crippen LogP contribution < -0.4 is 0 Å². The number of hydrogen-bond acceptors (Lipinski definition) is 3. The number of carbonyl (C=O) groups is 1. The summed E-state index contributed by atoms with van der Waals surface area (Å²) in [6.45, 7) is 3.57. The first kappa shape index (κ1) is 16.4. The van der Waals surface area contributed by atoms with Crippen LogP contribution in [0.5, 0.6) is 0 Å². The molecule has 1 rings (SSSR count). The van der Waals surface area contributed by atoms with Crippen LogP contribution in [-0.4, -0.2) is 42.4 Å². The molecule has 1 aliphatic rings. The highest BCUT2D eigenvalue weighted by atomic mass is 19.4. The molecule has 0 N–H and O–H groups in total. The molecule has 9 heteroatoms. The van der Waals surface area contributed by atoms with Gasteiger partial charge in [0.2, 0.25) is 0 Å². The van der Waals surface area contributed by atoms with E-state index in [1.807, 2.05) is 0 Å². The maximum absolute atomic E-state index is 13.2. The van der Waals surface area contributed by atoms with Crippen LogP contribution in [0.4, 0.5) is 18.0 Å². The Morgan fingerprint density at radius 3 is 2.50 bits per heavy atom. The van der Waals surface area contributed by atoms with Crippen LogP contribution in [0.2, 0.25) is 0 Å². The summed E-state index contributed by atoms with van der Waals surface area (Å²) in [5.41, 5.74) is 5.26. The van der Waals surface area contributed by atoms with Gasteiger partial charge in [-0.2, -0.15) is 13.2 Å². The number of carbonyl (C=O) groups excluding carboxylic acids is 1. The Labute approximate surface area is 114 Å². The minimum absolute atomic E-state index is 0.0740. The molecule has 1 amide bonds. The van der Waals surface area contributed by atoms with E-state index >= 15 is 0 Å². The molecule has 0 aliphatic carbocycles. The number of likely N-dealkylation sites (tertiary alicyclic amines) is 1. The van der Waals surface area contributed by atoms with Gasteiger partial charge in [-0.3, -0.25) is 0 Å². The molecule has 114 valence electrons. The second kappa shape index (κ2) is 5.40. The summed E-state index contributed by atoms with van der Waals surface area (Å²) in [5, 5.41) is 3.04. The highest BCUT2D eigenvalue weighted by molar-refractivity contribution is 5.68. The lowest BCUT2D eigenvalue weighted by atomic mass is 9.86. The predicted octanol–water partition coefficient (Wildman–Crippen LogP) is 3.49. The number of halogens is 3. The van der Waals surface area contributed by atoms with Crippen LogP contribution in [0.15, 0.2) is 5.11 Å². The Hall–Kier alpha value is -1.63. The Kier molecular flexibility index (Phi) is 4.43. The van der Waals surface area contributed by atoms with Crippen molar-refractivity contribution in [2.75, 3.05) is 19.6 Å². The number of azide groups is 1. The first-order valence-electron chi connectivity index (χ1n) is 6.06. The number of alkyl halides is 3. The maximum atomic E-state index is 13.2. The van der Waals surface area contributed by atoms with Crippen molar-refractivity contribution < 1.29 is 22.7 Å². The largest absolute Gasteiger partial charge is 0.444 e. The second-order valence-electron chi connectivity index (χ2n) is 5.82. The van der Waals surface area contributed by atoms with Crippen LogP contribution >= 0.6 is 0 Å². The number of hydrogen-bond donors (Lipinski definition) is 0. The molecular weight excluding hydrogens is 277 g/mol. The molecule has 6 nitrogen and oxygen atoms in total. The lowest BCUT2D eigenvalue weighted by Crippen LogP contribution is -2.44. The summed E-state index contributed by atoms with van der Waals surface area (Å²) in [5.74, 6) is 0. The average molecular weight is 294 g/mol. The normalized spacial score (nSPS) is 23.4. The molecule has 1 fully saturated rings. The van der Waals surface area contributed by atoms with Crippen LogP contribution in [-0.2, 0) is 4.74 Å². The lowest BCUT2D eigenvalue weighted by molar-refractivity contribution is -0.215. The Bertz CT molecular complexity index is 426. The van der Waals surface area contributed by atoms with Crippen LogP contribution in [0.3, 0.4) is 0 Å². The predicted molar refractivity (Wildman–Crippen MR) is 64.9 cm³/mol. The second-order valence-corrected chi connectivity index (χ2v) is 5.82. The Morgan fingerprint density at radius 1 is 1.45 bits per heavy atom. The summed E-state index contributed by atoms with van der Waals surface area (Å²) in [7, 11) is 0. The van der Waals surface area contributed by atoms with E-state index in [-0.39, 0.29) is 13.0 Å². The third-order valence-corrected chi connectivity index (χ3v) is 3.04. The van der Waals surface area contributed by atoms with E-state index < -0.39 is 36.4 Å². The van der Waals surface area contributed by atoms with Crippen molar-refractivity contribution in [1.82, 2.24) is 4.90 Å². The molecule has 0 aromatic rings. The van der Waals surface area contributed by atoms with E-state index in [2.05, 4.69) is 10.0 Å².